The van der Waals surface area contributed by atoms with Crippen LogP contribution in [0.5, 0.6) is 5.19 Å². The molecule has 2 amide bonds. The molecular formula is C19H22ClN7O2S. The first-order chi connectivity index (χ1) is 14.2. The number of benzene rings is 1. The Morgan fingerprint density at radius 1 is 1.37 bits per heavy atom. The van der Waals surface area contributed by atoms with Gasteiger partial charge in [0.1, 0.15) is 12.3 Å². The van der Waals surface area contributed by atoms with Crippen molar-refractivity contribution < 1.29 is 9.53 Å². The lowest BCUT2D eigenvalue weighted by atomic mass is 10.1. The number of halogens is 1. The van der Waals surface area contributed by atoms with Gasteiger partial charge in [0, 0.05) is 23.0 Å². The number of aromatic nitrogens is 3. The average Bonchev–Trinajstić information content (AvgIpc) is 3.33. The molecule has 0 aliphatic carbocycles. The number of ether oxygens (including phenoxy) is 1. The summed E-state index contributed by atoms with van der Waals surface area (Å²) >= 11 is 7.32. The summed E-state index contributed by atoms with van der Waals surface area (Å²) in [4.78, 5) is 16.6. The van der Waals surface area contributed by atoms with Gasteiger partial charge in [-0.05, 0) is 32.9 Å². The normalized spacial score (nSPS) is 11.2. The summed E-state index contributed by atoms with van der Waals surface area (Å²) in [6.07, 6.45) is 1.56. The van der Waals surface area contributed by atoms with Crippen LogP contribution < -0.4 is 10.1 Å². The minimum Gasteiger partial charge on any atom is -0.463 e. The SMILES string of the molecule is CN(N=N)C(=O)Nc1cnn(C(C)(C)C)c1COc1nc(-c2ccc(Cl)cc2)cs1. The quantitative estimate of drug-likeness (QED) is 0.389. The minimum absolute atomic E-state index is 0.155. The van der Waals surface area contributed by atoms with E-state index in [0.717, 1.165) is 16.3 Å². The van der Waals surface area contributed by atoms with E-state index in [9.17, 15) is 4.79 Å². The highest BCUT2D eigenvalue weighted by atomic mass is 35.5. The van der Waals surface area contributed by atoms with E-state index in [2.05, 4.69) is 20.6 Å². The summed E-state index contributed by atoms with van der Waals surface area (Å²) in [6, 6.07) is 6.88. The summed E-state index contributed by atoms with van der Waals surface area (Å²) < 4.78 is 7.70. The zero-order valence-electron chi connectivity index (χ0n) is 17.0. The maximum absolute atomic E-state index is 12.1. The molecule has 1 aromatic carbocycles. The molecule has 9 nitrogen and oxygen atoms in total. The van der Waals surface area contributed by atoms with Crippen molar-refractivity contribution in [3.05, 3.63) is 46.6 Å². The molecule has 0 bridgehead atoms. The van der Waals surface area contributed by atoms with Gasteiger partial charge in [-0.15, -0.1) is 0 Å². The van der Waals surface area contributed by atoms with Gasteiger partial charge >= 0.3 is 6.03 Å². The lowest BCUT2D eigenvalue weighted by Gasteiger charge is -2.23. The zero-order chi connectivity index (χ0) is 21.9. The smallest absolute Gasteiger partial charge is 0.343 e. The fourth-order valence-electron chi connectivity index (χ4n) is 2.64. The van der Waals surface area contributed by atoms with Gasteiger partial charge in [0.15, 0.2) is 0 Å². The number of hydrogen-bond acceptors (Lipinski definition) is 7. The number of carbonyl (C=O) groups excluding carboxylic acids is 1. The van der Waals surface area contributed by atoms with E-state index in [4.69, 9.17) is 21.9 Å². The van der Waals surface area contributed by atoms with Gasteiger partial charge in [-0.2, -0.15) is 15.6 Å². The van der Waals surface area contributed by atoms with E-state index >= 15 is 0 Å². The lowest BCUT2D eigenvalue weighted by Crippen LogP contribution is -2.28. The molecule has 0 spiro atoms. The van der Waals surface area contributed by atoms with Crippen LogP contribution in [0.25, 0.3) is 11.3 Å². The molecule has 11 heteroatoms. The van der Waals surface area contributed by atoms with E-state index < -0.39 is 6.03 Å². The number of urea groups is 1. The highest BCUT2D eigenvalue weighted by molar-refractivity contribution is 7.11. The summed E-state index contributed by atoms with van der Waals surface area (Å²) in [5.74, 6) is 0. The fraction of sp³-hybridized carbons (Fsp3) is 0.316. The fourth-order valence-corrected chi connectivity index (χ4v) is 3.45. The van der Waals surface area contributed by atoms with Gasteiger partial charge in [0.25, 0.3) is 5.19 Å². The summed E-state index contributed by atoms with van der Waals surface area (Å²) in [7, 11) is 1.39. The van der Waals surface area contributed by atoms with Crippen molar-refractivity contribution in [3.63, 3.8) is 0 Å². The van der Waals surface area contributed by atoms with Gasteiger partial charge < -0.3 is 10.1 Å². The van der Waals surface area contributed by atoms with E-state index in [-0.39, 0.29) is 12.1 Å². The van der Waals surface area contributed by atoms with E-state index in [1.165, 1.54) is 18.4 Å². The highest BCUT2D eigenvalue weighted by Crippen LogP contribution is 2.29. The Kier molecular flexibility index (Phi) is 6.37. The molecule has 3 aromatic rings. The van der Waals surface area contributed by atoms with Crippen molar-refractivity contribution in [3.8, 4) is 16.5 Å². The number of hydrogen-bond donors (Lipinski definition) is 2. The van der Waals surface area contributed by atoms with Crippen LogP contribution in [0.4, 0.5) is 10.5 Å². The van der Waals surface area contributed by atoms with Crippen molar-refractivity contribution in [2.45, 2.75) is 32.9 Å². The van der Waals surface area contributed by atoms with Crippen LogP contribution in [0.1, 0.15) is 26.5 Å². The summed E-state index contributed by atoms with van der Waals surface area (Å²) in [5, 5.41) is 14.2. The van der Waals surface area contributed by atoms with E-state index in [1.54, 1.807) is 10.9 Å². The third kappa shape index (κ3) is 4.95. The van der Waals surface area contributed by atoms with Crippen LogP contribution in [-0.4, -0.2) is 32.9 Å². The monoisotopic (exact) mass is 447 g/mol. The second-order valence-electron chi connectivity index (χ2n) is 7.44. The predicted molar refractivity (Wildman–Crippen MR) is 116 cm³/mol. The molecule has 0 atom stereocenters. The lowest BCUT2D eigenvalue weighted by molar-refractivity contribution is 0.219. The number of thiazole rings is 1. The summed E-state index contributed by atoms with van der Waals surface area (Å²) in [6.45, 7) is 6.16. The van der Waals surface area contributed by atoms with Crippen LogP contribution in [0, 0.1) is 5.53 Å². The first-order valence-electron chi connectivity index (χ1n) is 9.03. The standard InChI is InChI=1S/C19H22ClN7O2S/c1-19(2,3)27-16(14(9-22-27)23-17(28)26(4)25-21)10-29-18-24-15(11-30-18)12-5-7-13(20)8-6-12/h5-9,11,21H,10H2,1-4H3,(H,23,28). The minimum atomic E-state index is -0.543. The van der Waals surface area contributed by atoms with Crippen molar-refractivity contribution in [1.29, 1.82) is 5.53 Å². The van der Waals surface area contributed by atoms with Crippen molar-refractivity contribution in [1.82, 2.24) is 19.8 Å². The van der Waals surface area contributed by atoms with Gasteiger partial charge in [-0.25, -0.2) is 9.78 Å². The van der Waals surface area contributed by atoms with Gasteiger partial charge in [0.05, 0.1) is 23.1 Å². The van der Waals surface area contributed by atoms with Crippen LogP contribution in [0.3, 0.4) is 0 Å². The van der Waals surface area contributed by atoms with Crippen molar-refractivity contribution >= 4 is 34.7 Å². The zero-order valence-corrected chi connectivity index (χ0v) is 18.6. The van der Waals surface area contributed by atoms with Crippen LogP contribution in [0.2, 0.25) is 5.02 Å². The molecule has 2 N–H and O–H groups in total. The maximum atomic E-state index is 12.1. The third-order valence-corrected chi connectivity index (χ3v) is 5.15. The third-order valence-electron chi connectivity index (χ3n) is 4.15. The summed E-state index contributed by atoms with van der Waals surface area (Å²) in [5.41, 5.74) is 9.55. The van der Waals surface area contributed by atoms with E-state index in [1.807, 2.05) is 50.4 Å². The maximum Gasteiger partial charge on any atom is 0.343 e. The van der Waals surface area contributed by atoms with E-state index in [0.29, 0.717) is 21.6 Å². The molecule has 0 radical (unpaired) electrons. The molecule has 0 unspecified atom stereocenters. The Hall–Kier alpha value is -2.98. The molecule has 2 aromatic heterocycles. The molecule has 2 heterocycles. The van der Waals surface area contributed by atoms with Gasteiger partial charge in [-0.3, -0.25) is 4.68 Å². The molecule has 0 saturated heterocycles. The Bertz CT molecular complexity index is 1040. The highest BCUT2D eigenvalue weighted by Gasteiger charge is 2.23. The predicted octanol–water partition coefficient (Wildman–Crippen LogP) is 5.40. The Morgan fingerprint density at radius 2 is 2.07 bits per heavy atom. The van der Waals surface area contributed by atoms with Gasteiger partial charge in [0.2, 0.25) is 0 Å². The van der Waals surface area contributed by atoms with Crippen molar-refractivity contribution in [2.24, 2.45) is 5.22 Å². The molecule has 0 fully saturated rings. The topological polar surface area (TPSA) is 108 Å². The van der Waals surface area contributed by atoms with Crippen LogP contribution in [-0.2, 0) is 12.1 Å². The number of amides is 2. The molecule has 0 aliphatic rings. The second-order valence-corrected chi connectivity index (χ2v) is 8.69. The average molecular weight is 448 g/mol. The number of rotatable bonds is 6. The Morgan fingerprint density at radius 3 is 2.70 bits per heavy atom. The molecule has 158 valence electrons. The molecule has 30 heavy (non-hydrogen) atoms. The second kappa shape index (κ2) is 8.80. The molecule has 0 saturated carbocycles. The van der Waals surface area contributed by atoms with Gasteiger partial charge in [-0.1, -0.05) is 40.3 Å². The first kappa shape index (κ1) is 21.7. The number of nitrogens with zero attached hydrogens (tertiary/aromatic N) is 5. The Balaban J connectivity index is 1.80. The van der Waals surface area contributed by atoms with Crippen LogP contribution in [0.15, 0.2) is 41.1 Å². The van der Waals surface area contributed by atoms with Crippen LogP contribution >= 0.6 is 22.9 Å². The Labute approximate surface area is 183 Å². The first-order valence-corrected chi connectivity index (χ1v) is 10.3. The molecule has 3 rings (SSSR count). The number of carbonyl (C=O) groups is 1. The van der Waals surface area contributed by atoms with Crippen molar-refractivity contribution in [2.75, 3.05) is 12.4 Å². The number of nitrogens with one attached hydrogen (secondary N) is 2. The number of anilines is 1. The largest absolute Gasteiger partial charge is 0.463 e. The molecule has 0 aliphatic heterocycles. The molecular weight excluding hydrogens is 426 g/mol.